The molecule has 4 nitrogen and oxygen atoms in total. The molecule has 2 heterocycles. The summed E-state index contributed by atoms with van der Waals surface area (Å²) in [6.07, 6.45) is 1.74. The van der Waals surface area contributed by atoms with E-state index < -0.39 is 5.41 Å². The van der Waals surface area contributed by atoms with Crippen LogP contribution < -0.4 is 0 Å². The molecule has 2 aromatic rings. The normalized spacial score (nSPS) is 17.0. The van der Waals surface area contributed by atoms with Crippen molar-refractivity contribution in [3.05, 3.63) is 52.5 Å². The van der Waals surface area contributed by atoms with Gasteiger partial charge < -0.3 is 4.90 Å². The molecule has 0 unspecified atom stereocenters. The number of likely N-dealkylation sites (tertiary alicyclic amines) is 1. The lowest BCUT2D eigenvalue weighted by atomic mass is 9.74. The third kappa shape index (κ3) is 2.88. The Morgan fingerprint density at radius 3 is 2.64 bits per heavy atom. The number of nitrogens with zero attached hydrogens (tertiary/aromatic N) is 3. The first kappa shape index (κ1) is 14.7. The molecule has 1 amide bonds. The van der Waals surface area contributed by atoms with Crippen molar-refractivity contribution >= 4 is 17.2 Å². The van der Waals surface area contributed by atoms with E-state index >= 15 is 0 Å². The second kappa shape index (κ2) is 6.29. The fraction of sp³-hybridized carbons (Fsp3) is 0.353. The Kier molecular flexibility index (Phi) is 4.21. The molecular weight excluding hydrogens is 294 g/mol. The number of thiazole rings is 1. The van der Waals surface area contributed by atoms with Crippen molar-refractivity contribution in [1.29, 1.82) is 5.26 Å². The van der Waals surface area contributed by atoms with Gasteiger partial charge in [-0.15, -0.1) is 11.3 Å². The van der Waals surface area contributed by atoms with Crippen LogP contribution in [0.15, 0.2) is 41.2 Å². The Labute approximate surface area is 134 Å². The quantitative estimate of drug-likeness (QED) is 0.876. The number of amides is 1. The molecule has 22 heavy (non-hydrogen) atoms. The number of rotatable bonds is 3. The molecule has 1 saturated heterocycles. The monoisotopic (exact) mass is 311 g/mol. The maximum atomic E-state index is 12.3. The third-order valence-electron chi connectivity index (χ3n) is 4.33. The van der Waals surface area contributed by atoms with Crippen LogP contribution in [-0.4, -0.2) is 28.9 Å². The van der Waals surface area contributed by atoms with E-state index in [1.54, 1.807) is 5.51 Å². The van der Waals surface area contributed by atoms with Gasteiger partial charge in [0.25, 0.3) is 0 Å². The predicted molar refractivity (Wildman–Crippen MR) is 85.4 cm³/mol. The van der Waals surface area contributed by atoms with Gasteiger partial charge in [0, 0.05) is 18.5 Å². The van der Waals surface area contributed by atoms with Gasteiger partial charge >= 0.3 is 0 Å². The van der Waals surface area contributed by atoms with Crippen LogP contribution in [-0.2, 0) is 16.6 Å². The van der Waals surface area contributed by atoms with Crippen LogP contribution in [0.2, 0.25) is 0 Å². The molecule has 1 aromatic carbocycles. The van der Waals surface area contributed by atoms with Gasteiger partial charge in [-0.3, -0.25) is 4.79 Å². The third-order valence-corrected chi connectivity index (χ3v) is 4.96. The van der Waals surface area contributed by atoms with Crippen LogP contribution in [0.3, 0.4) is 0 Å². The first-order valence-corrected chi connectivity index (χ1v) is 8.29. The summed E-state index contributed by atoms with van der Waals surface area (Å²) < 4.78 is 0. The van der Waals surface area contributed by atoms with Crippen LogP contribution in [0.1, 0.15) is 24.1 Å². The molecule has 0 N–H and O–H groups in total. The van der Waals surface area contributed by atoms with Gasteiger partial charge in [0.2, 0.25) is 5.91 Å². The van der Waals surface area contributed by atoms with Gasteiger partial charge in [-0.2, -0.15) is 5.26 Å². The molecule has 0 radical (unpaired) electrons. The predicted octanol–water partition coefficient (Wildman–Crippen LogP) is 2.77. The zero-order valence-corrected chi connectivity index (χ0v) is 13.1. The average Bonchev–Trinajstić information content (AvgIpc) is 3.08. The Morgan fingerprint density at radius 2 is 2.05 bits per heavy atom. The van der Waals surface area contributed by atoms with E-state index in [-0.39, 0.29) is 5.91 Å². The van der Waals surface area contributed by atoms with E-state index in [4.69, 9.17) is 0 Å². The topological polar surface area (TPSA) is 57.0 Å². The Balaban J connectivity index is 1.66. The van der Waals surface area contributed by atoms with Crippen LogP contribution >= 0.6 is 11.3 Å². The zero-order chi connectivity index (χ0) is 15.4. The number of piperidine rings is 1. The molecule has 0 atom stereocenters. The lowest BCUT2D eigenvalue weighted by molar-refractivity contribution is -0.131. The van der Waals surface area contributed by atoms with Crippen molar-refractivity contribution in [3.8, 4) is 6.07 Å². The Morgan fingerprint density at radius 1 is 1.32 bits per heavy atom. The zero-order valence-electron chi connectivity index (χ0n) is 12.2. The molecule has 0 bridgehead atoms. The van der Waals surface area contributed by atoms with Crippen molar-refractivity contribution in [3.63, 3.8) is 0 Å². The second-order valence-corrected chi connectivity index (χ2v) is 6.32. The maximum absolute atomic E-state index is 12.3. The van der Waals surface area contributed by atoms with E-state index in [9.17, 15) is 10.1 Å². The highest BCUT2D eigenvalue weighted by atomic mass is 32.1. The van der Waals surface area contributed by atoms with E-state index in [2.05, 4.69) is 11.1 Å². The maximum Gasteiger partial charge on any atom is 0.228 e. The minimum absolute atomic E-state index is 0.102. The number of nitriles is 1. The number of carbonyl (C=O) groups excluding carboxylic acids is 1. The summed E-state index contributed by atoms with van der Waals surface area (Å²) in [6.45, 7) is 1.26. The molecule has 1 aliphatic heterocycles. The molecule has 5 heteroatoms. The minimum Gasteiger partial charge on any atom is -0.342 e. The molecular formula is C17H17N3OS. The highest BCUT2D eigenvalue weighted by Crippen LogP contribution is 2.34. The van der Waals surface area contributed by atoms with Gasteiger partial charge in [0.05, 0.1) is 29.1 Å². The summed E-state index contributed by atoms with van der Waals surface area (Å²) in [4.78, 5) is 18.3. The molecule has 0 saturated carbocycles. The number of aromatic nitrogens is 1. The molecule has 0 aliphatic carbocycles. The number of hydrogen-bond acceptors (Lipinski definition) is 4. The first-order valence-electron chi connectivity index (χ1n) is 7.35. The molecule has 1 aromatic heterocycles. The molecule has 112 valence electrons. The van der Waals surface area contributed by atoms with Gasteiger partial charge in [-0.05, 0) is 18.4 Å². The Hall–Kier alpha value is -2.19. The van der Waals surface area contributed by atoms with Gasteiger partial charge in [-0.1, -0.05) is 30.3 Å². The number of benzene rings is 1. The summed E-state index contributed by atoms with van der Waals surface area (Å²) in [6, 6.07) is 12.4. The van der Waals surface area contributed by atoms with Gasteiger partial charge in [-0.25, -0.2) is 4.98 Å². The summed E-state index contributed by atoms with van der Waals surface area (Å²) in [5.74, 6) is 0.102. The minimum atomic E-state index is -0.460. The van der Waals surface area contributed by atoms with Crippen molar-refractivity contribution in [2.75, 3.05) is 13.1 Å². The lowest BCUT2D eigenvalue weighted by Crippen LogP contribution is -2.45. The molecule has 3 rings (SSSR count). The van der Waals surface area contributed by atoms with Crippen LogP contribution in [0.4, 0.5) is 0 Å². The summed E-state index contributed by atoms with van der Waals surface area (Å²) in [5, 5.41) is 11.6. The number of hydrogen-bond donors (Lipinski definition) is 0. The van der Waals surface area contributed by atoms with Gasteiger partial charge in [0.15, 0.2) is 0 Å². The highest BCUT2D eigenvalue weighted by molar-refractivity contribution is 7.07. The molecule has 1 fully saturated rings. The second-order valence-electron chi connectivity index (χ2n) is 5.60. The van der Waals surface area contributed by atoms with E-state index in [1.165, 1.54) is 11.3 Å². The van der Waals surface area contributed by atoms with Crippen molar-refractivity contribution < 1.29 is 4.79 Å². The van der Waals surface area contributed by atoms with E-state index in [0.717, 1.165) is 11.3 Å². The molecule has 1 aliphatic rings. The van der Waals surface area contributed by atoms with E-state index in [1.807, 2.05) is 40.6 Å². The largest absolute Gasteiger partial charge is 0.342 e. The van der Waals surface area contributed by atoms with Crippen molar-refractivity contribution in [2.45, 2.75) is 24.7 Å². The standard InChI is InChI=1S/C17H17N3OS/c18-12-17(14-4-2-1-3-5-14)6-8-20(9-7-17)16(21)10-15-11-22-13-19-15/h1-5,11,13H,6-10H2. The van der Waals surface area contributed by atoms with Crippen LogP contribution in [0, 0.1) is 11.3 Å². The smallest absolute Gasteiger partial charge is 0.228 e. The first-order chi connectivity index (χ1) is 10.7. The molecule has 0 spiro atoms. The number of carbonyl (C=O) groups is 1. The lowest BCUT2D eigenvalue weighted by Gasteiger charge is -2.37. The Bertz CT molecular complexity index is 668. The average molecular weight is 311 g/mol. The summed E-state index contributed by atoms with van der Waals surface area (Å²) in [5.41, 5.74) is 3.17. The van der Waals surface area contributed by atoms with Crippen molar-refractivity contribution in [2.24, 2.45) is 0 Å². The van der Waals surface area contributed by atoms with Crippen molar-refractivity contribution in [1.82, 2.24) is 9.88 Å². The van der Waals surface area contributed by atoms with Crippen LogP contribution in [0.25, 0.3) is 0 Å². The van der Waals surface area contributed by atoms with E-state index in [0.29, 0.717) is 32.4 Å². The highest BCUT2D eigenvalue weighted by Gasteiger charge is 2.37. The summed E-state index contributed by atoms with van der Waals surface area (Å²) in [7, 11) is 0. The fourth-order valence-corrected chi connectivity index (χ4v) is 3.51. The SMILES string of the molecule is N#CC1(c2ccccc2)CCN(C(=O)Cc2cscn2)CC1. The summed E-state index contributed by atoms with van der Waals surface area (Å²) >= 11 is 1.50. The van der Waals surface area contributed by atoms with Gasteiger partial charge in [0.1, 0.15) is 0 Å². The fourth-order valence-electron chi connectivity index (χ4n) is 2.95. The van der Waals surface area contributed by atoms with Crippen LogP contribution in [0.5, 0.6) is 0 Å².